The van der Waals surface area contributed by atoms with Crippen molar-refractivity contribution in [2.75, 3.05) is 6.54 Å². The molecule has 0 bridgehead atoms. The minimum absolute atomic E-state index is 0.205. The average Bonchev–Trinajstić information content (AvgIpc) is 2.85. The fourth-order valence-electron chi connectivity index (χ4n) is 4.56. The number of carbonyl (C=O) groups is 2. The lowest BCUT2D eigenvalue weighted by molar-refractivity contribution is -0.140. The quantitative estimate of drug-likeness (QED) is 0.292. The third kappa shape index (κ3) is 5.91. The minimum atomic E-state index is -0.431. The van der Waals surface area contributed by atoms with Crippen LogP contribution in [0.2, 0.25) is 0 Å². The fourth-order valence-corrected chi connectivity index (χ4v) is 4.56. The Morgan fingerprint density at radius 1 is 1.00 bits per heavy atom. The lowest BCUT2D eigenvalue weighted by Crippen LogP contribution is -2.33. The van der Waals surface area contributed by atoms with E-state index in [9.17, 15) is 14.4 Å². The largest absolute Gasteiger partial charge is 0.445 e. The van der Waals surface area contributed by atoms with Gasteiger partial charge in [0.05, 0.1) is 11.3 Å². The standard InChI is InChI=1S/C28H31NO6/c1-17-13-23-25(18(2)19(3)26(30)34-23)24(14-17)35-27(31)22-11-9-20(10-12-22)15-29-28(32)33-16-21-7-5-4-6-8-21/h4-8,13-14,20,22H,9-12,15-16H2,1-3H3,(H,29,32). The molecule has 35 heavy (non-hydrogen) atoms. The zero-order chi connectivity index (χ0) is 24.9. The molecule has 0 radical (unpaired) electrons. The van der Waals surface area contributed by atoms with Crippen LogP contribution in [-0.2, 0) is 16.1 Å². The summed E-state index contributed by atoms with van der Waals surface area (Å²) < 4.78 is 16.5. The third-order valence-electron chi connectivity index (χ3n) is 6.80. The SMILES string of the molecule is Cc1cc(OC(=O)C2CCC(CNC(=O)OCc3ccccc3)CC2)c2c(C)c(C)c(=O)oc2c1. The average molecular weight is 478 g/mol. The number of rotatable bonds is 6. The van der Waals surface area contributed by atoms with Crippen LogP contribution in [0.4, 0.5) is 4.79 Å². The van der Waals surface area contributed by atoms with Crippen molar-refractivity contribution < 1.29 is 23.5 Å². The van der Waals surface area contributed by atoms with Crippen molar-refractivity contribution >= 4 is 23.0 Å². The van der Waals surface area contributed by atoms with Gasteiger partial charge in [-0.3, -0.25) is 4.79 Å². The van der Waals surface area contributed by atoms with Crippen molar-refractivity contribution in [1.82, 2.24) is 5.32 Å². The summed E-state index contributed by atoms with van der Waals surface area (Å²) in [6.45, 7) is 6.18. The molecular weight excluding hydrogens is 446 g/mol. The van der Waals surface area contributed by atoms with Gasteiger partial charge >= 0.3 is 17.7 Å². The van der Waals surface area contributed by atoms with Crippen molar-refractivity contribution in [3.8, 4) is 5.75 Å². The molecule has 1 amide bonds. The normalized spacial score (nSPS) is 17.7. The van der Waals surface area contributed by atoms with Gasteiger partial charge in [-0.25, -0.2) is 9.59 Å². The molecule has 184 valence electrons. The highest BCUT2D eigenvalue weighted by molar-refractivity contribution is 5.90. The van der Waals surface area contributed by atoms with Crippen LogP contribution in [0.1, 0.15) is 47.9 Å². The number of hydrogen-bond acceptors (Lipinski definition) is 6. The fraction of sp³-hybridized carbons (Fsp3) is 0.393. The maximum absolute atomic E-state index is 13.0. The first-order valence-electron chi connectivity index (χ1n) is 12.0. The number of carbonyl (C=O) groups excluding carboxylic acids is 2. The molecule has 0 atom stereocenters. The Morgan fingerprint density at radius 2 is 1.71 bits per heavy atom. The summed E-state index contributed by atoms with van der Waals surface area (Å²) in [5, 5.41) is 3.50. The molecule has 0 saturated heterocycles. The molecule has 0 aliphatic heterocycles. The maximum atomic E-state index is 13.0. The van der Waals surface area contributed by atoms with Gasteiger partial charge in [0.2, 0.25) is 0 Å². The number of nitrogens with one attached hydrogen (secondary N) is 1. The van der Waals surface area contributed by atoms with Crippen molar-refractivity contribution in [2.45, 2.75) is 53.1 Å². The summed E-state index contributed by atoms with van der Waals surface area (Å²) in [6.07, 6.45) is 2.60. The lowest BCUT2D eigenvalue weighted by Gasteiger charge is -2.27. The molecular formula is C28H31NO6. The molecule has 1 heterocycles. The van der Waals surface area contributed by atoms with Gasteiger partial charge in [0, 0.05) is 12.1 Å². The van der Waals surface area contributed by atoms with Crippen LogP contribution in [0.15, 0.2) is 51.7 Å². The second-order valence-electron chi connectivity index (χ2n) is 9.36. The van der Waals surface area contributed by atoms with E-state index in [1.54, 1.807) is 13.0 Å². The number of esters is 1. The van der Waals surface area contributed by atoms with E-state index in [1.165, 1.54) is 0 Å². The number of fused-ring (bicyclic) bond motifs is 1. The summed E-state index contributed by atoms with van der Waals surface area (Å²) in [4.78, 5) is 37.0. The van der Waals surface area contributed by atoms with E-state index < -0.39 is 6.09 Å². The number of aryl methyl sites for hydroxylation is 2. The Kier molecular flexibility index (Phi) is 7.54. The van der Waals surface area contributed by atoms with Gasteiger partial charge in [0.25, 0.3) is 0 Å². The lowest BCUT2D eigenvalue weighted by atomic mass is 9.82. The number of amides is 1. The maximum Gasteiger partial charge on any atom is 0.407 e. The smallest absolute Gasteiger partial charge is 0.407 e. The Morgan fingerprint density at radius 3 is 2.43 bits per heavy atom. The van der Waals surface area contributed by atoms with E-state index in [0.29, 0.717) is 47.6 Å². The summed E-state index contributed by atoms with van der Waals surface area (Å²) >= 11 is 0. The van der Waals surface area contributed by atoms with Crippen molar-refractivity contribution in [2.24, 2.45) is 11.8 Å². The van der Waals surface area contributed by atoms with Crippen molar-refractivity contribution in [3.63, 3.8) is 0 Å². The zero-order valence-corrected chi connectivity index (χ0v) is 20.4. The van der Waals surface area contributed by atoms with Crippen LogP contribution < -0.4 is 15.7 Å². The Labute approximate surface area is 204 Å². The van der Waals surface area contributed by atoms with Crippen LogP contribution >= 0.6 is 0 Å². The molecule has 2 aromatic carbocycles. The van der Waals surface area contributed by atoms with Gasteiger partial charge in [0.15, 0.2) is 0 Å². The first-order chi connectivity index (χ1) is 16.8. The zero-order valence-electron chi connectivity index (χ0n) is 20.4. The Hall–Kier alpha value is -3.61. The topological polar surface area (TPSA) is 94.8 Å². The van der Waals surface area contributed by atoms with E-state index in [-0.39, 0.29) is 24.1 Å². The number of ether oxygens (including phenoxy) is 2. The first kappa shape index (κ1) is 24.5. The molecule has 7 nitrogen and oxygen atoms in total. The molecule has 3 aromatic rings. The first-order valence-corrected chi connectivity index (χ1v) is 12.0. The van der Waals surface area contributed by atoms with Gasteiger partial charge < -0.3 is 19.2 Å². The van der Waals surface area contributed by atoms with Gasteiger partial charge in [-0.1, -0.05) is 30.3 Å². The minimum Gasteiger partial charge on any atom is -0.445 e. The highest BCUT2D eigenvalue weighted by atomic mass is 16.5. The second-order valence-corrected chi connectivity index (χ2v) is 9.36. The van der Waals surface area contributed by atoms with Crippen LogP contribution in [0.25, 0.3) is 11.0 Å². The highest BCUT2D eigenvalue weighted by Crippen LogP contribution is 2.34. The van der Waals surface area contributed by atoms with Crippen LogP contribution in [0.3, 0.4) is 0 Å². The molecule has 1 saturated carbocycles. The van der Waals surface area contributed by atoms with Gasteiger partial charge in [0.1, 0.15) is 17.9 Å². The van der Waals surface area contributed by atoms with Crippen LogP contribution in [0, 0.1) is 32.6 Å². The summed E-state index contributed by atoms with van der Waals surface area (Å²) in [7, 11) is 0. The van der Waals surface area contributed by atoms with Gasteiger partial charge in [-0.05, 0) is 81.2 Å². The number of benzene rings is 2. The van der Waals surface area contributed by atoms with E-state index in [1.807, 2.05) is 50.2 Å². The molecule has 1 aliphatic rings. The highest BCUT2D eigenvalue weighted by Gasteiger charge is 2.29. The van der Waals surface area contributed by atoms with Crippen LogP contribution in [0.5, 0.6) is 5.75 Å². The van der Waals surface area contributed by atoms with E-state index >= 15 is 0 Å². The Balaban J connectivity index is 1.30. The number of alkyl carbamates (subject to hydrolysis) is 1. The molecule has 1 aliphatic carbocycles. The second kappa shape index (κ2) is 10.8. The van der Waals surface area contributed by atoms with Gasteiger partial charge in [-0.15, -0.1) is 0 Å². The van der Waals surface area contributed by atoms with E-state index in [2.05, 4.69) is 5.32 Å². The molecule has 0 unspecified atom stereocenters. The van der Waals surface area contributed by atoms with E-state index in [0.717, 1.165) is 29.5 Å². The monoisotopic (exact) mass is 477 g/mol. The third-order valence-corrected chi connectivity index (χ3v) is 6.80. The van der Waals surface area contributed by atoms with Gasteiger partial charge in [-0.2, -0.15) is 0 Å². The predicted octanol–water partition coefficient (Wildman–Crippen LogP) is 5.36. The summed E-state index contributed by atoms with van der Waals surface area (Å²) in [6, 6.07) is 13.1. The van der Waals surface area contributed by atoms with Crippen molar-refractivity contribution in [3.05, 3.63) is 75.1 Å². The summed E-state index contributed by atoms with van der Waals surface area (Å²) in [5.41, 5.74) is 3.10. The Bertz CT molecular complexity index is 1270. The van der Waals surface area contributed by atoms with Crippen molar-refractivity contribution in [1.29, 1.82) is 0 Å². The van der Waals surface area contributed by atoms with E-state index in [4.69, 9.17) is 13.9 Å². The number of hydrogen-bond donors (Lipinski definition) is 1. The molecule has 7 heteroatoms. The summed E-state index contributed by atoms with van der Waals surface area (Å²) in [5.74, 6) is 0.249. The molecule has 1 fully saturated rings. The molecule has 4 rings (SSSR count). The van der Waals surface area contributed by atoms with Crippen LogP contribution in [-0.4, -0.2) is 18.6 Å². The molecule has 1 N–H and O–H groups in total. The predicted molar refractivity (Wildman–Crippen MR) is 132 cm³/mol. The molecule has 1 aromatic heterocycles. The molecule has 0 spiro atoms.